The van der Waals surface area contributed by atoms with Crippen LogP contribution in [-0.2, 0) is 4.79 Å². The van der Waals surface area contributed by atoms with Gasteiger partial charge in [0, 0.05) is 25.3 Å². The Morgan fingerprint density at radius 2 is 2.17 bits per heavy atom. The summed E-state index contributed by atoms with van der Waals surface area (Å²) in [6.45, 7) is 4.88. The van der Waals surface area contributed by atoms with Crippen molar-refractivity contribution in [3.05, 3.63) is 23.9 Å². The second kappa shape index (κ2) is 5.86. The topological polar surface area (TPSA) is 94.6 Å². The van der Waals surface area contributed by atoms with Crippen LogP contribution in [0.15, 0.2) is 18.3 Å². The van der Waals surface area contributed by atoms with Gasteiger partial charge in [0.2, 0.25) is 0 Å². The number of nitrogens with one attached hydrogen (secondary N) is 2. The van der Waals surface area contributed by atoms with Crippen molar-refractivity contribution in [1.29, 1.82) is 0 Å². The zero-order valence-electron chi connectivity index (χ0n) is 13.1. The maximum Gasteiger partial charge on any atom is 0.324 e. The molecule has 2 aliphatic rings. The molecule has 1 unspecified atom stereocenters. The minimum absolute atomic E-state index is 0.145. The highest BCUT2D eigenvalue weighted by molar-refractivity contribution is 6.05. The Hall–Kier alpha value is -2.64. The number of piperazine rings is 1. The lowest BCUT2D eigenvalue weighted by atomic mass is 10.1. The van der Waals surface area contributed by atoms with Gasteiger partial charge in [0.05, 0.1) is 12.1 Å². The van der Waals surface area contributed by atoms with Gasteiger partial charge in [0.15, 0.2) is 0 Å². The van der Waals surface area contributed by atoms with Crippen molar-refractivity contribution in [2.24, 2.45) is 0 Å². The molecule has 2 fully saturated rings. The lowest BCUT2D eigenvalue weighted by Crippen LogP contribution is -2.54. The zero-order valence-corrected chi connectivity index (χ0v) is 13.1. The largest absolute Gasteiger partial charge is 0.367 e. The molecule has 0 bridgehead atoms. The monoisotopic (exact) mass is 317 g/mol. The number of anilines is 1. The summed E-state index contributed by atoms with van der Waals surface area (Å²) in [7, 11) is 0. The van der Waals surface area contributed by atoms with Crippen LogP contribution in [0.1, 0.15) is 24.2 Å². The second-order valence-corrected chi connectivity index (χ2v) is 5.95. The van der Waals surface area contributed by atoms with Crippen LogP contribution in [0.4, 0.5) is 10.6 Å². The first kappa shape index (κ1) is 15.3. The number of aromatic nitrogens is 1. The Balaban J connectivity index is 1.79. The molecule has 122 valence electrons. The molecule has 0 spiro atoms. The molecule has 2 aliphatic heterocycles. The summed E-state index contributed by atoms with van der Waals surface area (Å²) < 4.78 is 0. The van der Waals surface area contributed by atoms with Crippen LogP contribution in [0.3, 0.4) is 0 Å². The van der Waals surface area contributed by atoms with E-state index in [9.17, 15) is 14.4 Å². The Kier molecular flexibility index (Phi) is 3.89. The van der Waals surface area contributed by atoms with Crippen molar-refractivity contribution in [1.82, 2.24) is 20.1 Å². The van der Waals surface area contributed by atoms with Gasteiger partial charge in [-0.15, -0.1) is 0 Å². The van der Waals surface area contributed by atoms with Gasteiger partial charge in [-0.2, -0.15) is 0 Å². The third-order valence-corrected chi connectivity index (χ3v) is 3.92. The van der Waals surface area contributed by atoms with E-state index in [1.54, 1.807) is 23.2 Å². The van der Waals surface area contributed by atoms with Gasteiger partial charge in [-0.3, -0.25) is 14.9 Å². The van der Waals surface area contributed by atoms with Gasteiger partial charge in [0.25, 0.3) is 11.8 Å². The Labute approximate surface area is 133 Å². The zero-order chi connectivity index (χ0) is 16.6. The van der Waals surface area contributed by atoms with E-state index in [2.05, 4.69) is 15.6 Å². The normalized spacial score (nSPS) is 20.6. The van der Waals surface area contributed by atoms with E-state index in [-0.39, 0.29) is 30.4 Å². The molecule has 0 saturated carbocycles. The number of urea groups is 1. The van der Waals surface area contributed by atoms with Crippen LogP contribution in [0.2, 0.25) is 0 Å². The van der Waals surface area contributed by atoms with E-state index < -0.39 is 6.04 Å². The maximum absolute atomic E-state index is 12.8. The number of nitrogens with zero attached hydrogens (tertiary/aromatic N) is 3. The number of rotatable bonds is 3. The summed E-state index contributed by atoms with van der Waals surface area (Å²) in [5.74, 6) is -0.00542. The smallest absolute Gasteiger partial charge is 0.324 e. The Bertz CT molecular complexity index is 660. The minimum Gasteiger partial charge on any atom is -0.367 e. The maximum atomic E-state index is 12.8. The summed E-state index contributed by atoms with van der Waals surface area (Å²) >= 11 is 0. The summed E-state index contributed by atoms with van der Waals surface area (Å²) in [5, 5.41) is 5.43. The first-order valence-corrected chi connectivity index (χ1v) is 7.59. The van der Waals surface area contributed by atoms with Crippen molar-refractivity contribution >= 4 is 23.7 Å². The molecule has 2 saturated heterocycles. The van der Waals surface area contributed by atoms with Gasteiger partial charge in [-0.25, -0.2) is 9.78 Å². The molecule has 2 N–H and O–H groups in total. The number of pyridine rings is 1. The van der Waals surface area contributed by atoms with Crippen LogP contribution in [0.25, 0.3) is 0 Å². The fourth-order valence-electron chi connectivity index (χ4n) is 2.83. The lowest BCUT2D eigenvalue weighted by Gasteiger charge is -2.35. The highest BCUT2D eigenvalue weighted by atomic mass is 16.2. The molecule has 8 nitrogen and oxygen atoms in total. The molecule has 1 atom stereocenters. The Morgan fingerprint density at radius 3 is 2.91 bits per heavy atom. The van der Waals surface area contributed by atoms with E-state index in [0.717, 1.165) is 0 Å². The number of imide groups is 1. The van der Waals surface area contributed by atoms with Crippen LogP contribution >= 0.6 is 0 Å². The van der Waals surface area contributed by atoms with Crippen LogP contribution in [0.5, 0.6) is 0 Å². The first-order chi connectivity index (χ1) is 11.0. The first-order valence-electron chi connectivity index (χ1n) is 7.59. The number of hydrogen-bond donors (Lipinski definition) is 2. The molecular weight excluding hydrogens is 298 g/mol. The van der Waals surface area contributed by atoms with E-state index in [1.165, 1.54) is 4.90 Å². The molecule has 1 aromatic rings. The summed E-state index contributed by atoms with van der Waals surface area (Å²) in [5.41, 5.74) is 0.472. The lowest BCUT2D eigenvalue weighted by molar-refractivity contribution is -0.122. The molecule has 4 amide bonds. The van der Waals surface area contributed by atoms with E-state index >= 15 is 0 Å². The van der Waals surface area contributed by atoms with Crippen molar-refractivity contribution in [3.63, 3.8) is 0 Å². The molecule has 0 aliphatic carbocycles. The van der Waals surface area contributed by atoms with Crippen LogP contribution in [-0.4, -0.2) is 64.3 Å². The average molecular weight is 317 g/mol. The number of carbonyl (C=O) groups is 3. The minimum atomic E-state index is -0.599. The van der Waals surface area contributed by atoms with Crippen LogP contribution in [0, 0.1) is 0 Å². The van der Waals surface area contributed by atoms with Gasteiger partial charge in [-0.05, 0) is 26.0 Å². The van der Waals surface area contributed by atoms with Gasteiger partial charge in [0.1, 0.15) is 11.9 Å². The molecule has 3 heterocycles. The number of carbonyl (C=O) groups excluding carboxylic acids is 3. The molecule has 0 radical (unpaired) electrons. The molecule has 8 heteroatoms. The predicted molar refractivity (Wildman–Crippen MR) is 82.9 cm³/mol. The summed E-state index contributed by atoms with van der Waals surface area (Å²) in [4.78, 5) is 43.5. The summed E-state index contributed by atoms with van der Waals surface area (Å²) in [6, 6.07) is 2.59. The van der Waals surface area contributed by atoms with Gasteiger partial charge < -0.3 is 15.1 Å². The molecule has 1 aromatic heterocycles. The van der Waals surface area contributed by atoms with Crippen molar-refractivity contribution in [2.45, 2.75) is 25.9 Å². The fraction of sp³-hybridized carbons (Fsp3) is 0.467. The van der Waals surface area contributed by atoms with Crippen molar-refractivity contribution in [3.8, 4) is 0 Å². The Morgan fingerprint density at radius 1 is 1.39 bits per heavy atom. The number of fused-ring (bicyclic) bond motifs is 1. The SMILES string of the molecule is CC(C)Nc1ncccc1C(=O)N1CCN2C(=O)NC(=O)C2C1. The third-order valence-electron chi connectivity index (χ3n) is 3.92. The quantitative estimate of drug-likeness (QED) is 0.781. The highest BCUT2D eigenvalue weighted by Crippen LogP contribution is 2.20. The van der Waals surface area contributed by atoms with Gasteiger partial charge in [-0.1, -0.05) is 0 Å². The molecule has 23 heavy (non-hydrogen) atoms. The molecule has 3 rings (SSSR count). The van der Waals surface area contributed by atoms with Crippen molar-refractivity contribution < 1.29 is 14.4 Å². The predicted octanol–water partition coefficient (Wildman–Crippen LogP) is 0.278. The summed E-state index contributed by atoms with van der Waals surface area (Å²) in [6.07, 6.45) is 1.63. The van der Waals surface area contributed by atoms with E-state index in [0.29, 0.717) is 24.5 Å². The van der Waals surface area contributed by atoms with Crippen molar-refractivity contribution in [2.75, 3.05) is 25.0 Å². The fourth-order valence-corrected chi connectivity index (χ4v) is 2.83. The molecular formula is C15H19N5O3. The van der Waals surface area contributed by atoms with E-state index in [4.69, 9.17) is 0 Å². The third kappa shape index (κ3) is 2.84. The number of hydrogen-bond acceptors (Lipinski definition) is 5. The highest BCUT2D eigenvalue weighted by Gasteiger charge is 2.43. The average Bonchev–Trinajstić information content (AvgIpc) is 2.81. The second-order valence-electron chi connectivity index (χ2n) is 5.95. The number of amides is 4. The molecule has 0 aromatic carbocycles. The van der Waals surface area contributed by atoms with Crippen LogP contribution < -0.4 is 10.6 Å². The van der Waals surface area contributed by atoms with E-state index in [1.807, 2.05) is 13.8 Å². The standard InChI is InChI=1S/C15H19N5O3/c1-9(2)17-12-10(4-3-5-16-12)14(22)19-6-7-20-11(8-19)13(21)18-15(20)23/h3-5,9,11H,6-8H2,1-2H3,(H,16,17)(H,18,21,23). The van der Waals surface area contributed by atoms with Gasteiger partial charge >= 0.3 is 6.03 Å².